The normalized spacial score (nSPS) is 17.1. The second-order valence-electron chi connectivity index (χ2n) is 5.72. The van der Waals surface area contributed by atoms with Gasteiger partial charge in [-0.3, -0.25) is 4.57 Å². The van der Waals surface area contributed by atoms with E-state index >= 15 is 0 Å². The van der Waals surface area contributed by atoms with Gasteiger partial charge in [0.2, 0.25) is 0 Å². The number of ether oxygens (including phenoxy) is 1. The molecular formula is C14H22NO2S+. The molecule has 100 valence electrons. The molecule has 18 heavy (non-hydrogen) atoms. The fourth-order valence-electron chi connectivity index (χ4n) is 2.09. The van der Waals surface area contributed by atoms with E-state index in [1.54, 1.807) is 4.57 Å². The first kappa shape index (κ1) is 13.5. The maximum absolute atomic E-state index is 12.1. The first-order valence-electron chi connectivity index (χ1n) is 6.49. The SMILES string of the molecule is CC(C)(C)OC(=O)n1cccc1C[S+]1CCCC1. The summed E-state index contributed by atoms with van der Waals surface area (Å²) in [6, 6.07) is 3.97. The molecule has 1 fully saturated rings. The molecule has 2 heterocycles. The third-order valence-corrected chi connectivity index (χ3v) is 5.33. The third-order valence-electron chi connectivity index (χ3n) is 2.89. The van der Waals surface area contributed by atoms with Crippen molar-refractivity contribution < 1.29 is 9.53 Å². The zero-order chi connectivity index (χ0) is 13.2. The molecule has 2 rings (SSSR count). The lowest BCUT2D eigenvalue weighted by atomic mass is 10.2. The summed E-state index contributed by atoms with van der Waals surface area (Å²) in [5, 5.41) is 0. The van der Waals surface area contributed by atoms with Crippen LogP contribution in [0.1, 0.15) is 39.3 Å². The third kappa shape index (κ3) is 3.55. The highest BCUT2D eigenvalue weighted by atomic mass is 32.2. The van der Waals surface area contributed by atoms with E-state index in [1.165, 1.54) is 24.3 Å². The number of hydrogen-bond acceptors (Lipinski definition) is 2. The van der Waals surface area contributed by atoms with E-state index in [0.29, 0.717) is 10.9 Å². The van der Waals surface area contributed by atoms with Crippen LogP contribution in [0.25, 0.3) is 0 Å². The summed E-state index contributed by atoms with van der Waals surface area (Å²) < 4.78 is 7.08. The molecule has 1 aromatic rings. The highest BCUT2D eigenvalue weighted by Crippen LogP contribution is 2.20. The minimum absolute atomic E-state index is 0.259. The second kappa shape index (κ2) is 5.39. The Labute approximate surface area is 112 Å². The van der Waals surface area contributed by atoms with Crippen LogP contribution < -0.4 is 0 Å². The Kier molecular flexibility index (Phi) is 4.05. The quantitative estimate of drug-likeness (QED) is 0.771. The second-order valence-corrected chi connectivity index (χ2v) is 8.05. The molecule has 1 aliphatic rings. The average molecular weight is 268 g/mol. The van der Waals surface area contributed by atoms with Crippen LogP contribution >= 0.6 is 0 Å². The maximum Gasteiger partial charge on any atom is 0.418 e. The van der Waals surface area contributed by atoms with Gasteiger partial charge in [-0.25, -0.2) is 4.79 Å². The maximum atomic E-state index is 12.1. The van der Waals surface area contributed by atoms with Gasteiger partial charge in [0.15, 0.2) is 0 Å². The van der Waals surface area contributed by atoms with Gasteiger partial charge in [-0.15, -0.1) is 0 Å². The van der Waals surface area contributed by atoms with Crippen LogP contribution in [0.2, 0.25) is 0 Å². The van der Waals surface area contributed by atoms with Crippen molar-refractivity contribution in [2.45, 2.75) is 45.0 Å². The van der Waals surface area contributed by atoms with Gasteiger partial charge in [-0.2, -0.15) is 0 Å². The van der Waals surface area contributed by atoms with Crippen molar-refractivity contribution in [3.05, 3.63) is 24.0 Å². The van der Waals surface area contributed by atoms with E-state index in [-0.39, 0.29) is 6.09 Å². The van der Waals surface area contributed by atoms with Crippen LogP contribution in [-0.2, 0) is 21.4 Å². The molecule has 0 bridgehead atoms. The topological polar surface area (TPSA) is 31.2 Å². The summed E-state index contributed by atoms with van der Waals surface area (Å²) in [4.78, 5) is 12.1. The molecule has 0 amide bonds. The van der Waals surface area contributed by atoms with Gasteiger partial charge in [0.25, 0.3) is 0 Å². The van der Waals surface area contributed by atoms with Gasteiger partial charge in [0.1, 0.15) is 22.9 Å². The fourth-order valence-corrected chi connectivity index (χ4v) is 4.46. The molecule has 3 nitrogen and oxygen atoms in total. The lowest BCUT2D eigenvalue weighted by molar-refractivity contribution is 0.0534. The van der Waals surface area contributed by atoms with Gasteiger partial charge in [-0.1, -0.05) is 0 Å². The number of nitrogens with zero attached hydrogens (tertiary/aromatic N) is 1. The lowest BCUT2D eigenvalue weighted by Gasteiger charge is -2.20. The monoisotopic (exact) mass is 268 g/mol. The van der Waals surface area contributed by atoms with Crippen LogP contribution in [0.15, 0.2) is 18.3 Å². The predicted molar refractivity (Wildman–Crippen MR) is 76.1 cm³/mol. The number of aromatic nitrogens is 1. The van der Waals surface area contributed by atoms with Crippen molar-refractivity contribution in [2.75, 3.05) is 11.5 Å². The largest absolute Gasteiger partial charge is 0.443 e. The summed E-state index contributed by atoms with van der Waals surface area (Å²) in [7, 11) is 0.465. The number of carbonyl (C=O) groups is 1. The molecule has 0 N–H and O–H groups in total. The van der Waals surface area contributed by atoms with E-state index < -0.39 is 5.60 Å². The Bertz CT molecular complexity index is 414. The Morgan fingerprint density at radius 2 is 2.06 bits per heavy atom. The molecule has 1 aromatic heterocycles. The van der Waals surface area contributed by atoms with Crippen molar-refractivity contribution >= 4 is 17.0 Å². The zero-order valence-electron chi connectivity index (χ0n) is 11.4. The summed E-state index contributed by atoms with van der Waals surface area (Å²) >= 11 is 0. The van der Waals surface area contributed by atoms with Gasteiger partial charge >= 0.3 is 6.09 Å². The van der Waals surface area contributed by atoms with Crippen LogP contribution in [0.5, 0.6) is 0 Å². The van der Waals surface area contributed by atoms with Crippen LogP contribution in [0.4, 0.5) is 4.79 Å². The zero-order valence-corrected chi connectivity index (χ0v) is 12.3. The first-order valence-corrected chi connectivity index (χ1v) is 8.22. The number of rotatable bonds is 2. The minimum Gasteiger partial charge on any atom is -0.443 e. The summed E-state index contributed by atoms with van der Waals surface area (Å²) in [5.74, 6) is 3.66. The van der Waals surface area contributed by atoms with Crippen molar-refractivity contribution in [1.82, 2.24) is 4.57 Å². The highest BCUT2D eigenvalue weighted by Gasteiger charge is 2.27. The van der Waals surface area contributed by atoms with Crippen molar-refractivity contribution in [1.29, 1.82) is 0 Å². The lowest BCUT2D eigenvalue weighted by Crippen LogP contribution is -2.28. The van der Waals surface area contributed by atoms with E-state index in [9.17, 15) is 4.79 Å². The van der Waals surface area contributed by atoms with Gasteiger partial charge in [0.05, 0.1) is 5.69 Å². The van der Waals surface area contributed by atoms with Gasteiger partial charge in [-0.05, 0) is 56.6 Å². The summed E-state index contributed by atoms with van der Waals surface area (Å²) in [6.45, 7) is 5.69. The summed E-state index contributed by atoms with van der Waals surface area (Å²) in [5.41, 5.74) is 0.656. The van der Waals surface area contributed by atoms with Crippen molar-refractivity contribution in [3.63, 3.8) is 0 Å². The molecular weight excluding hydrogens is 246 g/mol. The van der Waals surface area contributed by atoms with E-state index in [2.05, 4.69) is 0 Å². The molecule has 0 aliphatic carbocycles. The fraction of sp³-hybridized carbons (Fsp3) is 0.643. The smallest absolute Gasteiger partial charge is 0.418 e. The Balaban J connectivity index is 2.04. The average Bonchev–Trinajstić information content (AvgIpc) is 2.86. The number of carbonyl (C=O) groups excluding carboxylic acids is 1. The standard InChI is InChI=1S/C14H22NO2S/c1-14(2,3)17-13(16)15-8-6-7-12(15)11-18-9-4-5-10-18/h6-8H,4-5,9-11H2,1-3H3/q+1. The molecule has 0 spiro atoms. The van der Waals surface area contributed by atoms with E-state index in [1.807, 2.05) is 39.1 Å². The predicted octanol–water partition coefficient (Wildman–Crippen LogP) is 3.18. The van der Waals surface area contributed by atoms with Crippen LogP contribution in [0.3, 0.4) is 0 Å². The Morgan fingerprint density at radius 3 is 2.67 bits per heavy atom. The molecule has 0 saturated carbocycles. The van der Waals surface area contributed by atoms with Gasteiger partial charge < -0.3 is 4.74 Å². The van der Waals surface area contributed by atoms with Crippen molar-refractivity contribution in [2.24, 2.45) is 0 Å². The van der Waals surface area contributed by atoms with Gasteiger partial charge in [0, 0.05) is 6.20 Å². The molecule has 0 atom stereocenters. The number of hydrogen-bond donors (Lipinski definition) is 0. The molecule has 0 radical (unpaired) electrons. The highest BCUT2D eigenvalue weighted by molar-refractivity contribution is 7.96. The minimum atomic E-state index is -0.436. The first-order chi connectivity index (χ1) is 8.46. The molecule has 1 saturated heterocycles. The Morgan fingerprint density at radius 1 is 1.39 bits per heavy atom. The van der Waals surface area contributed by atoms with E-state index in [0.717, 1.165) is 11.4 Å². The molecule has 4 heteroatoms. The molecule has 1 aliphatic heterocycles. The molecule has 0 aromatic carbocycles. The molecule has 0 unspecified atom stereocenters. The summed E-state index contributed by atoms with van der Waals surface area (Å²) in [6.07, 6.45) is 4.24. The van der Waals surface area contributed by atoms with Crippen LogP contribution in [0, 0.1) is 0 Å². The van der Waals surface area contributed by atoms with Crippen LogP contribution in [-0.4, -0.2) is 27.8 Å². The Hall–Kier alpha value is -0.900. The van der Waals surface area contributed by atoms with E-state index in [4.69, 9.17) is 4.74 Å². The van der Waals surface area contributed by atoms with Crippen molar-refractivity contribution in [3.8, 4) is 0 Å².